The lowest BCUT2D eigenvalue weighted by Gasteiger charge is -2.22. The molecule has 3 unspecified atom stereocenters. The summed E-state index contributed by atoms with van der Waals surface area (Å²) in [6.07, 6.45) is 40.0. The number of aliphatic hydroxyl groups is 2. The number of unbranched alkanes of at least 4 members (excludes halogenated alkanes) is 29. The van der Waals surface area contributed by atoms with Crippen molar-refractivity contribution in [3.8, 4) is 0 Å². The van der Waals surface area contributed by atoms with Gasteiger partial charge in [-0.3, -0.25) is 9.35 Å². The minimum absolute atomic E-state index is 0.286. The van der Waals surface area contributed by atoms with Crippen LogP contribution < -0.4 is 5.32 Å². The van der Waals surface area contributed by atoms with Crippen LogP contribution in [0.1, 0.15) is 219 Å². The number of hydrogen-bond donors (Lipinski definition) is 4. The van der Waals surface area contributed by atoms with Crippen molar-refractivity contribution in [2.75, 3.05) is 5.75 Å². The van der Waals surface area contributed by atoms with Gasteiger partial charge < -0.3 is 15.5 Å². The fourth-order valence-corrected chi connectivity index (χ4v) is 7.31. The highest BCUT2D eigenvalue weighted by Crippen LogP contribution is 2.16. The standard InChI is InChI=1S/C41H81NO6S/c1-3-5-7-9-11-13-15-16-17-18-19-20-21-22-23-24-25-26-28-30-32-34-36-40(44)41(45)42-38(37-49(46,47)48)39(43)35-33-31-29-27-14-12-10-8-6-4-2/h33,35,38-40,43-44H,3-32,34,36-37H2,1-2H3,(H,42,45)(H,46,47,48)/b35-33+. The van der Waals surface area contributed by atoms with Gasteiger partial charge in [0.05, 0.1) is 17.9 Å². The monoisotopic (exact) mass is 716 g/mol. The van der Waals surface area contributed by atoms with Crippen LogP contribution in [-0.4, -0.2) is 53.1 Å². The summed E-state index contributed by atoms with van der Waals surface area (Å²) in [5.41, 5.74) is 0. The number of carbonyl (C=O) groups excluding carboxylic acids is 1. The molecule has 0 aromatic heterocycles. The zero-order valence-electron chi connectivity index (χ0n) is 32.2. The maximum atomic E-state index is 12.6. The van der Waals surface area contributed by atoms with E-state index in [9.17, 15) is 28.0 Å². The number of carbonyl (C=O) groups is 1. The van der Waals surface area contributed by atoms with Crippen LogP contribution in [0.3, 0.4) is 0 Å². The van der Waals surface area contributed by atoms with Gasteiger partial charge in [-0.1, -0.05) is 212 Å². The Hall–Kier alpha value is -0.960. The first kappa shape index (κ1) is 48.0. The molecule has 0 aliphatic rings. The molecule has 8 heteroatoms. The predicted octanol–water partition coefficient (Wildman–Crippen LogP) is 11.2. The van der Waals surface area contributed by atoms with Gasteiger partial charge >= 0.3 is 0 Å². The third-order valence-electron chi connectivity index (χ3n) is 9.82. The Bertz CT molecular complexity index is 849. The second-order valence-electron chi connectivity index (χ2n) is 14.8. The maximum absolute atomic E-state index is 12.6. The number of rotatable bonds is 38. The number of amides is 1. The van der Waals surface area contributed by atoms with Crippen molar-refractivity contribution in [2.24, 2.45) is 0 Å². The minimum atomic E-state index is -4.43. The second kappa shape index (κ2) is 35.4. The number of hydrogen-bond acceptors (Lipinski definition) is 5. The highest BCUT2D eigenvalue weighted by atomic mass is 32.2. The van der Waals surface area contributed by atoms with E-state index < -0.39 is 40.0 Å². The molecule has 0 rings (SSSR count). The van der Waals surface area contributed by atoms with E-state index in [1.54, 1.807) is 6.08 Å². The Morgan fingerprint density at radius 3 is 1.22 bits per heavy atom. The molecule has 0 aliphatic heterocycles. The summed E-state index contributed by atoms with van der Waals surface area (Å²) in [6, 6.07) is -1.23. The molecule has 0 aromatic rings. The molecule has 0 aromatic carbocycles. The SMILES string of the molecule is CCCCCCCCCC/C=C/C(O)C(CS(=O)(=O)O)NC(=O)C(O)CCCCCCCCCCCCCCCCCCCCCCCC. The van der Waals surface area contributed by atoms with E-state index in [1.807, 2.05) is 0 Å². The average Bonchev–Trinajstić information content (AvgIpc) is 3.06. The molecule has 0 heterocycles. The van der Waals surface area contributed by atoms with Crippen molar-refractivity contribution in [1.29, 1.82) is 0 Å². The van der Waals surface area contributed by atoms with Gasteiger partial charge in [0.25, 0.3) is 10.1 Å². The van der Waals surface area contributed by atoms with E-state index in [0.717, 1.165) is 38.5 Å². The topological polar surface area (TPSA) is 124 Å². The Morgan fingerprint density at radius 1 is 0.551 bits per heavy atom. The van der Waals surface area contributed by atoms with Crippen molar-refractivity contribution in [1.82, 2.24) is 5.32 Å². The summed E-state index contributed by atoms with van der Waals surface area (Å²) >= 11 is 0. The molecule has 3 atom stereocenters. The Morgan fingerprint density at radius 2 is 0.878 bits per heavy atom. The third-order valence-corrected chi connectivity index (χ3v) is 10.6. The predicted molar refractivity (Wildman–Crippen MR) is 209 cm³/mol. The Kier molecular flexibility index (Phi) is 34.7. The van der Waals surface area contributed by atoms with Crippen molar-refractivity contribution in [2.45, 2.75) is 238 Å². The van der Waals surface area contributed by atoms with Crippen LogP contribution in [0.15, 0.2) is 12.2 Å². The number of allylic oxidation sites excluding steroid dienone is 1. The molecule has 4 N–H and O–H groups in total. The van der Waals surface area contributed by atoms with Crippen molar-refractivity contribution < 1.29 is 28.0 Å². The van der Waals surface area contributed by atoms with Crippen molar-refractivity contribution in [3.63, 3.8) is 0 Å². The van der Waals surface area contributed by atoms with Gasteiger partial charge in [0.1, 0.15) is 6.10 Å². The fourth-order valence-electron chi connectivity index (χ4n) is 6.57. The first-order valence-electron chi connectivity index (χ1n) is 21.0. The van der Waals surface area contributed by atoms with Crippen LogP contribution in [0.2, 0.25) is 0 Å². The van der Waals surface area contributed by atoms with Gasteiger partial charge in [-0.15, -0.1) is 0 Å². The molecule has 0 fully saturated rings. The van der Waals surface area contributed by atoms with Gasteiger partial charge in [-0.2, -0.15) is 8.42 Å². The summed E-state index contributed by atoms with van der Waals surface area (Å²) in [4.78, 5) is 12.6. The zero-order valence-corrected chi connectivity index (χ0v) is 33.0. The highest BCUT2D eigenvalue weighted by Gasteiger charge is 2.27. The summed E-state index contributed by atoms with van der Waals surface area (Å²) in [6.45, 7) is 4.49. The van der Waals surface area contributed by atoms with E-state index in [2.05, 4.69) is 19.2 Å². The first-order valence-corrected chi connectivity index (χ1v) is 22.6. The maximum Gasteiger partial charge on any atom is 0.267 e. The van der Waals surface area contributed by atoms with E-state index in [-0.39, 0.29) is 6.42 Å². The van der Waals surface area contributed by atoms with Crippen molar-refractivity contribution in [3.05, 3.63) is 12.2 Å². The van der Waals surface area contributed by atoms with Crippen LogP contribution in [0.5, 0.6) is 0 Å². The average molecular weight is 716 g/mol. The van der Waals surface area contributed by atoms with Gasteiger partial charge in [-0.05, 0) is 19.3 Å². The normalized spacial score (nSPS) is 14.0. The molecule has 0 saturated carbocycles. The largest absolute Gasteiger partial charge is 0.387 e. The van der Waals surface area contributed by atoms with Crippen LogP contribution in [-0.2, 0) is 14.9 Å². The van der Waals surface area contributed by atoms with Gasteiger partial charge in [0.15, 0.2) is 0 Å². The van der Waals surface area contributed by atoms with Crippen molar-refractivity contribution >= 4 is 16.0 Å². The van der Waals surface area contributed by atoms with E-state index >= 15 is 0 Å². The number of aliphatic hydroxyl groups excluding tert-OH is 2. The summed E-state index contributed by atoms with van der Waals surface area (Å²) < 4.78 is 32.4. The quantitative estimate of drug-likeness (QED) is 0.0286. The van der Waals surface area contributed by atoms with E-state index in [4.69, 9.17) is 0 Å². The molecule has 49 heavy (non-hydrogen) atoms. The smallest absolute Gasteiger partial charge is 0.267 e. The number of nitrogens with one attached hydrogen (secondary N) is 1. The molecule has 0 saturated heterocycles. The molecular formula is C41H81NO6S. The lowest BCUT2D eigenvalue weighted by Crippen LogP contribution is -2.50. The minimum Gasteiger partial charge on any atom is -0.387 e. The summed E-state index contributed by atoms with van der Waals surface area (Å²) in [7, 11) is -4.43. The zero-order chi connectivity index (χ0) is 36.3. The highest BCUT2D eigenvalue weighted by molar-refractivity contribution is 7.85. The molecule has 1 amide bonds. The molecule has 0 spiro atoms. The Balaban J connectivity index is 3.86. The molecule has 0 bridgehead atoms. The van der Waals surface area contributed by atoms with Gasteiger partial charge in [0, 0.05) is 0 Å². The van der Waals surface area contributed by atoms with Crippen LogP contribution in [0.25, 0.3) is 0 Å². The van der Waals surface area contributed by atoms with Crippen LogP contribution >= 0.6 is 0 Å². The molecular weight excluding hydrogens is 635 g/mol. The molecule has 7 nitrogen and oxygen atoms in total. The van der Waals surface area contributed by atoms with Gasteiger partial charge in [0.2, 0.25) is 5.91 Å². The van der Waals surface area contributed by atoms with E-state index in [0.29, 0.717) is 6.42 Å². The lowest BCUT2D eigenvalue weighted by atomic mass is 10.0. The molecule has 292 valence electrons. The van der Waals surface area contributed by atoms with E-state index in [1.165, 1.54) is 160 Å². The third kappa shape index (κ3) is 35.2. The lowest BCUT2D eigenvalue weighted by molar-refractivity contribution is -0.130. The van der Waals surface area contributed by atoms with Gasteiger partial charge in [-0.25, -0.2) is 0 Å². The summed E-state index contributed by atoms with van der Waals surface area (Å²) in [5.74, 6) is -1.53. The fraction of sp³-hybridized carbons (Fsp3) is 0.927. The van der Waals surface area contributed by atoms with Crippen LogP contribution in [0, 0.1) is 0 Å². The Labute approximate surface area is 304 Å². The summed E-state index contributed by atoms with van der Waals surface area (Å²) in [5, 5.41) is 23.3. The van der Waals surface area contributed by atoms with Crippen LogP contribution in [0.4, 0.5) is 0 Å². The second-order valence-corrected chi connectivity index (χ2v) is 16.3. The molecule has 0 radical (unpaired) electrons. The molecule has 0 aliphatic carbocycles. The first-order chi connectivity index (χ1) is 23.7.